The number of benzene rings is 2. The van der Waals surface area contributed by atoms with E-state index in [1.807, 2.05) is 0 Å². The molecule has 28 heavy (non-hydrogen) atoms. The van der Waals surface area contributed by atoms with E-state index in [-0.39, 0.29) is 11.9 Å². The van der Waals surface area contributed by atoms with Crippen molar-refractivity contribution in [2.45, 2.75) is 25.7 Å². The fourth-order valence-corrected chi connectivity index (χ4v) is 3.79. The molecule has 0 saturated heterocycles. The van der Waals surface area contributed by atoms with Gasteiger partial charge in [-0.1, -0.05) is 47.5 Å². The maximum Gasteiger partial charge on any atom is 0.339 e. The molecule has 0 amide bonds. The molecule has 3 rings (SSSR count). The van der Waals surface area contributed by atoms with E-state index in [1.54, 1.807) is 48.5 Å². The second kappa shape index (κ2) is 9.94. The van der Waals surface area contributed by atoms with E-state index in [0.29, 0.717) is 46.2 Å². The monoisotopic (exact) mass is 420 g/mol. The van der Waals surface area contributed by atoms with E-state index in [4.69, 9.17) is 32.7 Å². The molecule has 0 heterocycles. The standard InChI is InChI=1S/C22H22Cl2O4/c23-19-7-3-1-5-17(19)21(25)27-13-15-9-11-16(12-10-15)14-28-22(26)18-6-2-4-8-20(18)24/h1-8,15-16H,9-14H2. The van der Waals surface area contributed by atoms with Crippen molar-refractivity contribution in [2.24, 2.45) is 11.8 Å². The van der Waals surface area contributed by atoms with Crippen LogP contribution in [0.1, 0.15) is 46.4 Å². The summed E-state index contributed by atoms with van der Waals surface area (Å²) in [5.74, 6) is -0.133. The maximum absolute atomic E-state index is 12.1. The highest BCUT2D eigenvalue weighted by molar-refractivity contribution is 6.33. The zero-order chi connectivity index (χ0) is 19.9. The van der Waals surface area contributed by atoms with E-state index in [0.717, 1.165) is 25.7 Å². The summed E-state index contributed by atoms with van der Waals surface area (Å²) in [6.07, 6.45) is 3.74. The molecule has 0 bridgehead atoms. The third-order valence-electron chi connectivity index (χ3n) is 5.05. The molecule has 0 unspecified atom stereocenters. The molecule has 148 valence electrons. The second-order valence-corrected chi connectivity index (χ2v) is 7.86. The van der Waals surface area contributed by atoms with Gasteiger partial charge in [0.25, 0.3) is 0 Å². The van der Waals surface area contributed by atoms with Gasteiger partial charge in [-0.2, -0.15) is 0 Å². The van der Waals surface area contributed by atoms with Crippen molar-refractivity contribution in [3.05, 3.63) is 69.7 Å². The smallest absolute Gasteiger partial charge is 0.339 e. The molecule has 1 aliphatic rings. The van der Waals surface area contributed by atoms with Crippen molar-refractivity contribution >= 4 is 35.1 Å². The predicted molar refractivity (Wildman–Crippen MR) is 109 cm³/mol. The van der Waals surface area contributed by atoms with Crippen molar-refractivity contribution in [1.29, 1.82) is 0 Å². The van der Waals surface area contributed by atoms with Gasteiger partial charge >= 0.3 is 11.9 Å². The zero-order valence-electron chi connectivity index (χ0n) is 15.4. The van der Waals surface area contributed by atoms with Crippen molar-refractivity contribution in [1.82, 2.24) is 0 Å². The van der Waals surface area contributed by atoms with Gasteiger partial charge in [-0.05, 0) is 61.8 Å². The fraction of sp³-hybridized carbons (Fsp3) is 0.364. The number of carbonyl (C=O) groups is 2. The Bertz CT molecular complexity index is 759. The number of carbonyl (C=O) groups excluding carboxylic acids is 2. The average Bonchev–Trinajstić information content (AvgIpc) is 2.71. The summed E-state index contributed by atoms with van der Waals surface area (Å²) in [6.45, 7) is 0.770. The first-order chi connectivity index (χ1) is 13.5. The van der Waals surface area contributed by atoms with Crippen LogP contribution in [0.5, 0.6) is 0 Å². The van der Waals surface area contributed by atoms with Crippen LogP contribution in [0, 0.1) is 11.8 Å². The van der Waals surface area contributed by atoms with E-state index in [9.17, 15) is 9.59 Å². The lowest BCUT2D eigenvalue weighted by Gasteiger charge is -2.27. The van der Waals surface area contributed by atoms with E-state index < -0.39 is 0 Å². The van der Waals surface area contributed by atoms with Gasteiger partial charge < -0.3 is 9.47 Å². The summed E-state index contributed by atoms with van der Waals surface area (Å²) in [4.78, 5) is 24.3. The molecule has 0 aliphatic heterocycles. The minimum absolute atomic E-state index is 0.321. The van der Waals surface area contributed by atoms with Gasteiger partial charge in [-0.25, -0.2) is 9.59 Å². The van der Waals surface area contributed by atoms with Crippen LogP contribution in [0.3, 0.4) is 0 Å². The summed E-state index contributed by atoms with van der Waals surface area (Å²) < 4.78 is 10.9. The van der Waals surface area contributed by atoms with Crippen LogP contribution < -0.4 is 0 Å². The Hall–Kier alpha value is -2.04. The Morgan fingerprint density at radius 2 is 1.07 bits per heavy atom. The highest BCUT2D eigenvalue weighted by Crippen LogP contribution is 2.30. The summed E-state index contributed by atoms with van der Waals surface area (Å²) in [5, 5.41) is 0.799. The number of esters is 2. The molecule has 4 nitrogen and oxygen atoms in total. The van der Waals surface area contributed by atoms with Crippen LogP contribution in [0.25, 0.3) is 0 Å². The molecule has 1 aliphatic carbocycles. The van der Waals surface area contributed by atoms with Crippen LogP contribution in [-0.2, 0) is 9.47 Å². The lowest BCUT2D eigenvalue weighted by atomic mass is 9.83. The Kier molecular flexibility index (Phi) is 7.35. The summed E-state index contributed by atoms with van der Waals surface area (Å²) in [7, 11) is 0. The number of halogens is 2. The first kappa shape index (κ1) is 20.7. The molecule has 1 fully saturated rings. The third-order valence-corrected chi connectivity index (χ3v) is 5.71. The molecule has 2 aromatic rings. The summed E-state index contributed by atoms with van der Waals surface area (Å²) >= 11 is 12.0. The minimum atomic E-state index is -0.388. The second-order valence-electron chi connectivity index (χ2n) is 7.04. The van der Waals surface area contributed by atoms with E-state index >= 15 is 0 Å². The first-order valence-electron chi connectivity index (χ1n) is 9.38. The van der Waals surface area contributed by atoms with Crippen LogP contribution in [0.15, 0.2) is 48.5 Å². The summed E-state index contributed by atoms with van der Waals surface area (Å²) in [5.41, 5.74) is 0.786. The zero-order valence-corrected chi connectivity index (χ0v) is 16.9. The number of hydrogen-bond donors (Lipinski definition) is 0. The SMILES string of the molecule is O=C(OCC1CCC(COC(=O)c2ccccc2Cl)CC1)c1ccccc1Cl. The topological polar surface area (TPSA) is 52.6 Å². The average molecular weight is 421 g/mol. The Morgan fingerprint density at radius 3 is 1.43 bits per heavy atom. The molecule has 0 spiro atoms. The van der Waals surface area contributed by atoms with Gasteiger partial charge in [-0.15, -0.1) is 0 Å². The quantitative estimate of drug-likeness (QED) is 0.552. The molecule has 0 radical (unpaired) electrons. The number of ether oxygens (including phenoxy) is 2. The van der Waals surface area contributed by atoms with Gasteiger partial charge in [0.15, 0.2) is 0 Å². The predicted octanol–water partition coefficient (Wildman–Crippen LogP) is 5.81. The lowest BCUT2D eigenvalue weighted by Crippen LogP contribution is -2.24. The molecule has 1 saturated carbocycles. The molecule has 0 aromatic heterocycles. The van der Waals surface area contributed by atoms with Crippen LogP contribution >= 0.6 is 23.2 Å². The fourth-order valence-electron chi connectivity index (χ4n) is 3.36. The Balaban J connectivity index is 1.39. The van der Waals surface area contributed by atoms with Crippen molar-refractivity contribution in [3.63, 3.8) is 0 Å². The normalized spacial score (nSPS) is 19.1. The highest BCUT2D eigenvalue weighted by atomic mass is 35.5. The Morgan fingerprint density at radius 1 is 0.714 bits per heavy atom. The molecular formula is C22H22Cl2O4. The lowest BCUT2D eigenvalue weighted by molar-refractivity contribution is 0.0297. The summed E-state index contributed by atoms with van der Waals surface area (Å²) in [6, 6.07) is 13.7. The van der Waals surface area contributed by atoms with Gasteiger partial charge in [0.05, 0.1) is 34.4 Å². The van der Waals surface area contributed by atoms with E-state index in [2.05, 4.69) is 0 Å². The Labute approximate surface area is 174 Å². The van der Waals surface area contributed by atoms with Gasteiger partial charge in [0.1, 0.15) is 0 Å². The third kappa shape index (κ3) is 5.49. The maximum atomic E-state index is 12.1. The van der Waals surface area contributed by atoms with Gasteiger partial charge in [0, 0.05) is 0 Å². The van der Waals surface area contributed by atoms with Crippen LogP contribution in [0.2, 0.25) is 10.0 Å². The number of rotatable bonds is 6. The minimum Gasteiger partial charge on any atom is -0.462 e. The molecular weight excluding hydrogens is 399 g/mol. The van der Waals surface area contributed by atoms with Crippen molar-refractivity contribution in [3.8, 4) is 0 Å². The van der Waals surface area contributed by atoms with E-state index in [1.165, 1.54) is 0 Å². The number of hydrogen-bond acceptors (Lipinski definition) is 4. The van der Waals surface area contributed by atoms with Gasteiger partial charge in [-0.3, -0.25) is 0 Å². The van der Waals surface area contributed by atoms with Crippen molar-refractivity contribution in [2.75, 3.05) is 13.2 Å². The van der Waals surface area contributed by atoms with Crippen LogP contribution in [-0.4, -0.2) is 25.2 Å². The molecule has 0 atom stereocenters. The largest absolute Gasteiger partial charge is 0.462 e. The first-order valence-corrected chi connectivity index (χ1v) is 10.1. The van der Waals surface area contributed by atoms with Crippen molar-refractivity contribution < 1.29 is 19.1 Å². The molecule has 6 heteroatoms. The molecule has 0 N–H and O–H groups in total. The van der Waals surface area contributed by atoms with Crippen LogP contribution in [0.4, 0.5) is 0 Å². The highest BCUT2D eigenvalue weighted by Gasteiger charge is 2.24. The molecule has 2 aromatic carbocycles. The van der Waals surface area contributed by atoms with Gasteiger partial charge in [0.2, 0.25) is 0 Å².